The third kappa shape index (κ3) is 45.0. The molecule has 0 unspecified atom stereocenters. The van der Waals surface area contributed by atoms with E-state index in [0.717, 1.165) is 0 Å². The lowest BCUT2D eigenvalue weighted by Crippen LogP contribution is -2.25. The van der Waals surface area contributed by atoms with Gasteiger partial charge in [0.2, 0.25) is 0 Å². The number of hydrogen-bond donors (Lipinski definition) is 0. The van der Waals surface area contributed by atoms with Gasteiger partial charge >= 0.3 is 0 Å². The van der Waals surface area contributed by atoms with Crippen LogP contribution in [-0.4, -0.2) is 35.8 Å². The van der Waals surface area contributed by atoms with Crippen molar-refractivity contribution >= 4 is 35.8 Å². The Hall–Kier alpha value is -3.18. The number of rotatable bonds is 12. The van der Waals surface area contributed by atoms with Crippen LogP contribution in [0.15, 0.2) is 0 Å². The normalized spacial score (nSPS) is 8.89. The molecule has 0 atom stereocenters. The van der Waals surface area contributed by atoms with Crippen LogP contribution in [0.1, 0.15) is 57.8 Å². The lowest BCUT2D eigenvalue weighted by Gasteiger charge is -2.01. The van der Waals surface area contributed by atoms with Crippen molar-refractivity contribution in [1.29, 1.82) is 0 Å². The van der Waals surface area contributed by atoms with Crippen molar-refractivity contribution in [1.82, 2.24) is 0 Å². The average molecular weight is 390 g/mol. The monoisotopic (exact) mass is 390 g/mol. The molecule has 0 fully saturated rings. The van der Waals surface area contributed by atoms with Crippen molar-refractivity contribution in [2.45, 2.75) is 57.8 Å². The molecular formula is C15H18O12-6. The van der Waals surface area contributed by atoms with Gasteiger partial charge in [-0.15, -0.1) is 0 Å². The molecule has 27 heavy (non-hydrogen) atoms. The molecule has 0 amide bonds. The second kappa shape index (κ2) is 19.1. The Kier molecular flexibility index (Phi) is 20.3. The Balaban J connectivity index is -0.000000320. The van der Waals surface area contributed by atoms with Gasteiger partial charge in [-0.05, 0) is 57.8 Å². The highest BCUT2D eigenvalue weighted by Gasteiger charge is 1.88. The first-order valence-corrected chi connectivity index (χ1v) is 7.57. The standard InChI is InChI=1S/3C5H8O4/c3*6-4(7)2-1-3-5(8)9/h3*1-3H2,(H,6,7)(H,8,9)/p-6. The lowest BCUT2D eigenvalue weighted by atomic mass is 10.2. The molecule has 0 bridgehead atoms. The van der Waals surface area contributed by atoms with E-state index >= 15 is 0 Å². The van der Waals surface area contributed by atoms with Crippen LogP contribution in [0.5, 0.6) is 0 Å². The minimum atomic E-state index is -1.23. The summed E-state index contributed by atoms with van der Waals surface area (Å²) in [6, 6.07) is 0. The van der Waals surface area contributed by atoms with Crippen LogP contribution >= 0.6 is 0 Å². The molecule has 0 aliphatic carbocycles. The van der Waals surface area contributed by atoms with Gasteiger partial charge in [0, 0.05) is 35.8 Å². The molecule has 0 radical (unpaired) electrons. The van der Waals surface area contributed by atoms with E-state index in [0.29, 0.717) is 0 Å². The van der Waals surface area contributed by atoms with Crippen LogP contribution in [0.4, 0.5) is 0 Å². The summed E-state index contributed by atoms with van der Waals surface area (Å²) in [5.74, 6) is -7.35. The highest BCUT2D eigenvalue weighted by atomic mass is 16.4. The van der Waals surface area contributed by atoms with Crippen LogP contribution in [0.2, 0.25) is 0 Å². The molecule has 0 saturated heterocycles. The summed E-state index contributed by atoms with van der Waals surface area (Å²) in [6.07, 6.45) is -1.02. The molecule has 0 rings (SSSR count). The van der Waals surface area contributed by atoms with Gasteiger partial charge in [-0.25, -0.2) is 0 Å². The van der Waals surface area contributed by atoms with Crippen molar-refractivity contribution in [3.05, 3.63) is 0 Å². The molecule has 0 aliphatic rings. The molecule has 12 heteroatoms. The van der Waals surface area contributed by atoms with Crippen molar-refractivity contribution in [3.8, 4) is 0 Å². The van der Waals surface area contributed by atoms with Gasteiger partial charge in [-0.2, -0.15) is 0 Å². The van der Waals surface area contributed by atoms with Crippen LogP contribution in [0.25, 0.3) is 0 Å². The Morgan fingerprint density at radius 2 is 0.444 bits per heavy atom. The third-order valence-electron chi connectivity index (χ3n) is 2.29. The van der Waals surface area contributed by atoms with Gasteiger partial charge in [0.15, 0.2) is 0 Å². The average Bonchev–Trinajstić information content (AvgIpc) is 2.46. The summed E-state index contributed by atoms with van der Waals surface area (Å²) < 4.78 is 0. The maximum atomic E-state index is 9.66. The number of carboxylic acids is 6. The van der Waals surface area contributed by atoms with E-state index in [2.05, 4.69) is 0 Å². The summed E-state index contributed by atoms with van der Waals surface area (Å²) in [5.41, 5.74) is 0. The van der Waals surface area contributed by atoms with E-state index < -0.39 is 35.8 Å². The minimum absolute atomic E-state index is 0.0880. The Labute approximate surface area is 154 Å². The highest BCUT2D eigenvalue weighted by molar-refractivity contribution is 5.68. The van der Waals surface area contributed by atoms with Gasteiger partial charge in [0.05, 0.1) is 0 Å². The van der Waals surface area contributed by atoms with Gasteiger partial charge in [-0.1, -0.05) is 0 Å². The molecule has 0 N–H and O–H groups in total. The maximum absolute atomic E-state index is 9.66. The molecule has 0 heterocycles. The number of carboxylic acid groups (broad SMARTS) is 6. The molecule has 156 valence electrons. The highest BCUT2D eigenvalue weighted by Crippen LogP contribution is 1.92. The lowest BCUT2D eigenvalue weighted by molar-refractivity contribution is -0.310. The molecule has 0 aliphatic heterocycles. The first-order chi connectivity index (χ1) is 12.4. The summed E-state index contributed by atoms with van der Waals surface area (Å²) in [6.45, 7) is 0. The first-order valence-electron chi connectivity index (χ1n) is 7.57. The van der Waals surface area contributed by atoms with E-state index in [1.54, 1.807) is 0 Å². The van der Waals surface area contributed by atoms with E-state index in [-0.39, 0.29) is 57.8 Å². The van der Waals surface area contributed by atoms with E-state index in [1.807, 2.05) is 0 Å². The Morgan fingerprint density at radius 3 is 0.519 bits per heavy atom. The topological polar surface area (TPSA) is 241 Å². The van der Waals surface area contributed by atoms with Crippen molar-refractivity contribution in [2.75, 3.05) is 0 Å². The molecular weight excluding hydrogens is 372 g/mol. The molecule has 0 aromatic heterocycles. The van der Waals surface area contributed by atoms with Crippen molar-refractivity contribution < 1.29 is 59.4 Å². The fourth-order valence-corrected chi connectivity index (χ4v) is 1.13. The first kappa shape index (κ1) is 28.6. The molecule has 0 aromatic carbocycles. The third-order valence-corrected chi connectivity index (χ3v) is 2.29. The fraction of sp³-hybridized carbons (Fsp3) is 0.600. The van der Waals surface area contributed by atoms with Gasteiger partial charge < -0.3 is 59.4 Å². The summed E-state index contributed by atoms with van der Waals surface area (Å²) in [7, 11) is 0. The predicted octanol–water partition coefficient (Wildman–Crippen LogP) is -7.03. The summed E-state index contributed by atoms with van der Waals surface area (Å²) >= 11 is 0. The van der Waals surface area contributed by atoms with Crippen LogP contribution in [0, 0.1) is 0 Å². The maximum Gasteiger partial charge on any atom is 0.0414 e. The number of hydrogen-bond acceptors (Lipinski definition) is 12. The van der Waals surface area contributed by atoms with E-state index in [4.69, 9.17) is 0 Å². The van der Waals surface area contributed by atoms with Gasteiger partial charge in [0.1, 0.15) is 0 Å². The fourth-order valence-electron chi connectivity index (χ4n) is 1.13. The van der Waals surface area contributed by atoms with E-state index in [1.165, 1.54) is 0 Å². The Morgan fingerprint density at radius 1 is 0.333 bits per heavy atom. The summed E-state index contributed by atoms with van der Waals surface area (Å²) in [4.78, 5) is 57.9. The molecule has 12 nitrogen and oxygen atoms in total. The SMILES string of the molecule is O=C([O-])CCCC(=O)[O-].O=C([O-])CCCC(=O)[O-].O=C([O-])CCCC(=O)[O-]. The molecule has 0 spiro atoms. The van der Waals surface area contributed by atoms with E-state index in [9.17, 15) is 59.4 Å². The number of aliphatic carboxylic acids is 6. The largest absolute Gasteiger partial charge is 0.550 e. The van der Waals surface area contributed by atoms with Gasteiger partial charge in [0.25, 0.3) is 0 Å². The Bertz CT molecular complexity index is 384. The quantitative estimate of drug-likeness (QED) is 0.302. The molecule has 0 saturated carbocycles. The number of carbonyl (C=O) groups excluding carboxylic acids is 6. The summed E-state index contributed by atoms with van der Waals surface area (Å²) in [5, 5.41) is 57.9. The predicted molar refractivity (Wildman–Crippen MR) is 71.6 cm³/mol. The zero-order valence-electron chi connectivity index (χ0n) is 14.3. The zero-order valence-corrected chi connectivity index (χ0v) is 14.3. The number of carbonyl (C=O) groups is 6. The van der Waals surface area contributed by atoms with Gasteiger partial charge in [-0.3, -0.25) is 0 Å². The van der Waals surface area contributed by atoms with Crippen LogP contribution in [0.3, 0.4) is 0 Å². The zero-order chi connectivity index (χ0) is 21.8. The van der Waals surface area contributed by atoms with Crippen molar-refractivity contribution in [3.63, 3.8) is 0 Å². The second-order valence-electron chi connectivity index (χ2n) is 4.79. The minimum Gasteiger partial charge on any atom is -0.550 e. The van der Waals surface area contributed by atoms with Crippen LogP contribution in [-0.2, 0) is 28.8 Å². The second-order valence-corrected chi connectivity index (χ2v) is 4.79. The van der Waals surface area contributed by atoms with Crippen LogP contribution < -0.4 is 30.6 Å². The smallest absolute Gasteiger partial charge is 0.0414 e. The van der Waals surface area contributed by atoms with Crippen molar-refractivity contribution in [2.24, 2.45) is 0 Å². The molecule has 0 aromatic rings.